The highest BCUT2D eigenvalue weighted by molar-refractivity contribution is 6.48. The SMILES string of the molecule is C=CC[C@H](NC(=O)[C@@H]1CCCN1C(=O)[C@@H](NC(=O)[C@@H](NC(=O)[C@H](CCC(=O)O)NC(=O)[C@@H](N)CC(=O)O)C(C)C)C(C)C)B1OC2C3CCC(C3(C)C)[C@]2(C)O1. The van der Waals surface area contributed by atoms with Crippen molar-refractivity contribution in [3.05, 3.63) is 12.7 Å². The number of aliphatic carboxylic acids is 2. The van der Waals surface area contributed by atoms with Gasteiger partial charge in [0.05, 0.1) is 30.1 Å². The molecule has 4 aliphatic rings. The van der Waals surface area contributed by atoms with Gasteiger partial charge in [-0.3, -0.25) is 33.6 Å². The Morgan fingerprint density at radius 3 is 2.11 bits per heavy atom. The highest BCUT2D eigenvalue weighted by Crippen LogP contribution is 2.66. The molecule has 2 saturated heterocycles. The fraction of sp³-hybridized carbons (Fsp3) is 0.763. The first-order valence-corrected chi connectivity index (χ1v) is 19.8. The van der Waals surface area contributed by atoms with Crippen LogP contribution in [-0.4, -0.2) is 118 Å². The third-order valence-electron chi connectivity index (χ3n) is 12.3. The molecule has 4 fully saturated rings. The average Bonchev–Trinajstić information content (AvgIpc) is 3.84. The Balaban J connectivity index is 1.43. The number of nitrogens with zero attached hydrogens (tertiary/aromatic N) is 1. The van der Waals surface area contributed by atoms with Crippen molar-refractivity contribution in [2.24, 2.45) is 34.8 Å². The first-order chi connectivity index (χ1) is 26.1. The fourth-order valence-corrected chi connectivity index (χ4v) is 9.31. The summed E-state index contributed by atoms with van der Waals surface area (Å²) in [5, 5.41) is 28.9. The Bertz CT molecular complexity index is 1540. The minimum Gasteiger partial charge on any atom is -0.481 e. The van der Waals surface area contributed by atoms with Crippen LogP contribution in [0.25, 0.3) is 0 Å². The second-order valence-electron chi connectivity index (χ2n) is 17.3. The van der Waals surface area contributed by atoms with Crippen LogP contribution in [0.5, 0.6) is 0 Å². The molecule has 2 saturated carbocycles. The van der Waals surface area contributed by atoms with E-state index in [1.54, 1.807) is 33.8 Å². The maximum atomic E-state index is 14.2. The minimum atomic E-state index is -1.51. The molecule has 0 radical (unpaired) electrons. The molecule has 0 aromatic heterocycles. The van der Waals surface area contributed by atoms with Gasteiger partial charge in [0, 0.05) is 13.0 Å². The van der Waals surface area contributed by atoms with Crippen LogP contribution in [0.2, 0.25) is 0 Å². The van der Waals surface area contributed by atoms with Crippen LogP contribution >= 0.6 is 0 Å². The smallest absolute Gasteiger partial charge is 0.481 e. The van der Waals surface area contributed by atoms with Crippen LogP contribution in [-0.2, 0) is 42.9 Å². The minimum absolute atomic E-state index is 0.0821. The van der Waals surface area contributed by atoms with E-state index in [-0.39, 0.29) is 30.4 Å². The molecule has 10 atom stereocenters. The summed E-state index contributed by atoms with van der Waals surface area (Å²) in [4.78, 5) is 91.7. The summed E-state index contributed by atoms with van der Waals surface area (Å²) in [7, 11) is -0.680. The summed E-state index contributed by atoms with van der Waals surface area (Å²) in [6.07, 6.45) is 3.51. The maximum absolute atomic E-state index is 14.2. The van der Waals surface area contributed by atoms with Gasteiger partial charge in [0.15, 0.2) is 0 Å². The Morgan fingerprint density at radius 2 is 1.54 bits per heavy atom. The molecule has 18 heteroatoms. The van der Waals surface area contributed by atoms with Gasteiger partial charge in [-0.25, -0.2) is 0 Å². The highest BCUT2D eigenvalue weighted by Gasteiger charge is 2.71. The van der Waals surface area contributed by atoms with Crippen molar-refractivity contribution in [2.75, 3.05) is 6.54 Å². The predicted molar refractivity (Wildman–Crippen MR) is 204 cm³/mol. The van der Waals surface area contributed by atoms with Crippen molar-refractivity contribution in [1.29, 1.82) is 0 Å². The van der Waals surface area contributed by atoms with Gasteiger partial charge in [0.1, 0.15) is 24.2 Å². The largest absolute Gasteiger partial charge is 0.482 e. The highest BCUT2D eigenvalue weighted by atomic mass is 16.7. The van der Waals surface area contributed by atoms with Crippen LogP contribution < -0.4 is 27.0 Å². The van der Waals surface area contributed by atoms with E-state index in [9.17, 15) is 38.7 Å². The van der Waals surface area contributed by atoms with Crippen molar-refractivity contribution >= 4 is 48.6 Å². The molecule has 2 aliphatic heterocycles. The van der Waals surface area contributed by atoms with Crippen molar-refractivity contribution in [3.63, 3.8) is 0 Å². The number of carbonyl (C=O) groups is 7. The van der Waals surface area contributed by atoms with Crippen LogP contribution in [0.1, 0.15) is 99.8 Å². The number of rotatable bonds is 19. The van der Waals surface area contributed by atoms with Gasteiger partial charge in [-0.05, 0) is 74.5 Å². The van der Waals surface area contributed by atoms with Crippen molar-refractivity contribution in [1.82, 2.24) is 26.2 Å². The van der Waals surface area contributed by atoms with Crippen LogP contribution in [0, 0.1) is 29.1 Å². The molecule has 312 valence electrons. The maximum Gasteiger partial charge on any atom is 0.482 e. The number of carbonyl (C=O) groups excluding carboxylic acids is 5. The van der Waals surface area contributed by atoms with E-state index in [4.69, 9.17) is 20.1 Å². The molecule has 3 unspecified atom stereocenters. The number of carboxylic acid groups (broad SMARTS) is 2. The van der Waals surface area contributed by atoms with Gasteiger partial charge in [-0.1, -0.05) is 47.6 Å². The molecule has 0 aromatic rings. The Hall–Kier alpha value is -4.03. The van der Waals surface area contributed by atoms with Gasteiger partial charge in [0.2, 0.25) is 29.5 Å². The van der Waals surface area contributed by atoms with Gasteiger partial charge in [-0.2, -0.15) is 0 Å². The van der Waals surface area contributed by atoms with E-state index >= 15 is 0 Å². The van der Waals surface area contributed by atoms with E-state index < -0.39 is 109 Å². The lowest BCUT2D eigenvalue weighted by Gasteiger charge is -2.35. The first-order valence-electron chi connectivity index (χ1n) is 19.8. The number of fused-ring (bicyclic) bond motifs is 5. The molecule has 2 aliphatic carbocycles. The zero-order valence-corrected chi connectivity index (χ0v) is 33.7. The first kappa shape index (κ1) is 44.7. The Kier molecular flexibility index (Phi) is 14.4. The van der Waals surface area contributed by atoms with Crippen molar-refractivity contribution in [2.45, 2.75) is 148 Å². The topological polar surface area (TPSA) is 256 Å². The molecule has 4 rings (SSSR count). The van der Waals surface area contributed by atoms with Gasteiger partial charge in [-0.15, -0.1) is 6.58 Å². The number of hydrogen-bond donors (Lipinski definition) is 7. The normalized spacial score (nSPS) is 27.5. The molecule has 5 amide bonds. The number of carboxylic acids is 2. The Labute approximate surface area is 329 Å². The number of nitrogens with one attached hydrogen (secondary N) is 4. The third kappa shape index (κ3) is 9.56. The summed E-state index contributed by atoms with van der Waals surface area (Å²) >= 11 is 0. The zero-order chi connectivity index (χ0) is 41.9. The number of nitrogens with two attached hydrogens (primary N) is 1. The molecule has 56 heavy (non-hydrogen) atoms. The molecule has 0 spiro atoms. The molecule has 17 nitrogen and oxygen atoms in total. The standard InChI is InChI=1S/C38H61BN6O11/c1-9-11-26(39-55-31-21-13-15-25(37(21,6)7)38(31,8)56-39)42-34(52)24-12-10-17-45(24)36(54)30(20(4)5)44-35(53)29(19(2)3)43-33(51)23(14-16-27(46)47)41-32(50)22(40)18-28(48)49/h9,19-26,29-31H,1,10-18,40H2,2-8H3,(H,41,50)(H,42,52)(H,43,51)(H,44,53)(H,46,47)(H,48,49)/t21?,22-,23-,24-,25?,26-,29-,30-,31?,38-/m0/s1. The lowest BCUT2D eigenvalue weighted by Crippen LogP contribution is -2.61. The van der Waals surface area contributed by atoms with E-state index in [1.165, 1.54) is 4.90 Å². The summed E-state index contributed by atoms with van der Waals surface area (Å²) in [5.41, 5.74) is 5.27. The number of hydrogen-bond acceptors (Lipinski definition) is 10. The van der Waals surface area contributed by atoms with Crippen molar-refractivity contribution < 1.29 is 53.1 Å². The van der Waals surface area contributed by atoms with Crippen molar-refractivity contribution in [3.8, 4) is 0 Å². The second kappa shape index (κ2) is 18.1. The lowest BCUT2D eigenvalue weighted by atomic mass is 9.74. The average molecular weight is 789 g/mol. The predicted octanol–water partition coefficient (Wildman–Crippen LogP) is 0.739. The zero-order valence-electron chi connectivity index (χ0n) is 33.7. The number of likely N-dealkylation sites (tertiary alicyclic amines) is 1. The number of amides is 5. The third-order valence-corrected chi connectivity index (χ3v) is 12.3. The van der Waals surface area contributed by atoms with Crippen LogP contribution in [0.3, 0.4) is 0 Å². The molecule has 0 aromatic carbocycles. The van der Waals surface area contributed by atoms with Gasteiger partial charge in [0.25, 0.3) is 0 Å². The van der Waals surface area contributed by atoms with E-state index in [0.29, 0.717) is 31.1 Å². The monoisotopic (exact) mass is 788 g/mol. The van der Waals surface area contributed by atoms with Crippen LogP contribution in [0.15, 0.2) is 12.7 Å². The van der Waals surface area contributed by atoms with E-state index in [1.807, 2.05) is 0 Å². The van der Waals surface area contributed by atoms with Gasteiger partial charge < -0.3 is 51.4 Å². The van der Waals surface area contributed by atoms with E-state index in [0.717, 1.165) is 12.8 Å². The molecular weight excluding hydrogens is 727 g/mol. The molecule has 2 heterocycles. The quantitative estimate of drug-likeness (QED) is 0.0707. The fourth-order valence-electron chi connectivity index (χ4n) is 9.31. The summed E-state index contributed by atoms with van der Waals surface area (Å²) in [6.45, 7) is 17.6. The lowest BCUT2D eigenvalue weighted by molar-refractivity contribution is -0.143. The van der Waals surface area contributed by atoms with Crippen LogP contribution in [0.4, 0.5) is 0 Å². The Morgan fingerprint density at radius 1 is 0.893 bits per heavy atom. The second-order valence-corrected chi connectivity index (χ2v) is 17.3. The molecular formula is C38H61BN6O11. The van der Waals surface area contributed by atoms with E-state index in [2.05, 4.69) is 48.6 Å². The van der Waals surface area contributed by atoms with Gasteiger partial charge >= 0.3 is 19.1 Å². The summed E-state index contributed by atoms with van der Waals surface area (Å²) in [5.74, 6) is -6.79. The summed E-state index contributed by atoms with van der Waals surface area (Å²) < 4.78 is 13.2. The summed E-state index contributed by atoms with van der Waals surface area (Å²) in [6, 6.07) is -6.07. The molecule has 2 bridgehead atoms. The molecule has 8 N–H and O–H groups in total.